The third kappa shape index (κ3) is 2.92. The SMILES string of the molecule is C[C@H](c1nc2ccccc2s1)N(C)Cn1nnc2ccccc2c1=O. The summed E-state index contributed by atoms with van der Waals surface area (Å²) in [7, 11) is 1.96. The molecule has 0 spiro atoms. The van der Waals surface area contributed by atoms with E-state index in [4.69, 9.17) is 4.98 Å². The van der Waals surface area contributed by atoms with Gasteiger partial charge in [-0.25, -0.2) is 4.98 Å². The molecule has 126 valence electrons. The molecule has 0 radical (unpaired) electrons. The van der Waals surface area contributed by atoms with Gasteiger partial charge in [-0.05, 0) is 38.2 Å². The second-order valence-corrected chi connectivity index (χ2v) is 7.07. The van der Waals surface area contributed by atoms with Crippen molar-refractivity contribution in [3.63, 3.8) is 0 Å². The summed E-state index contributed by atoms with van der Waals surface area (Å²) in [6.07, 6.45) is 0. The number of benzene rings is 2. The monoisotopic (exact) mass is 351 g/mol. The van der Waals surface area contributed by atoms with Crippen LogP contribution in [0.25, 0.3) is 21.1 Å². The van der Waals surface area contributed by atoms with Crippen molar-refractivity contribution in [3.05, 3.63) is 63.9 Å². The molecule has 0 unspecified atom stereocenters. The van der Waals surface area contributed by atoms with Crippen molar-refractivity contribution in [2.24, 2.45) is 0 Å². The number of aromatic nitrogens is 4. The smallest absolute Gasteiger partial charge is 0.278 e. The topological polar surface area (TPSA) is 63.9 Å². The Hall–Kier alpha value is -2.64. The minimum Gasteiger partial charge on any atom is -0.278 e. The Labute approximate surface area is 148 Å². The number of rotatable bonds is 4. The lowest BCUT2D eigenvalue weighted by molar-refractivity contribution is 0.189. The molecule has 0 aliphatic rings. The first-order valence-electron chi connectivity index (χ1n) is 8.02. The molecule has 4 rings (SSSR count). The van der Waals surface area contributed by atoms with Gasteiger partial charge in [0.2, 0.25) is 0 Å². The van der Waals surface area contributed by atoms with E-state index in [0.29, 0.717) is 17.6 Å². The fraction of sp³-hybridized carbons (Fsp3) is 0.222. The van der Waals surface area contributed by atoms with Crippen molar-refractivity contribution < 1.29 is 0 Å². The fourth-order valence-corrected chi connectivity index (χ4v) is 3.79. The highest BCUT2D eigenvalue weighted by atomic mass is 32.1. The molecule has 0 aliphatic heterocycles. The van der Waals surface area contributed by atoms with Crippen LogP contribution >= 0.6 is 11.3 Å². The maximum Gasteiger partial charge on any atom is 0.278 e. The standard InChI is InChI=1S/C18H17N5OS/c1-12(17-19-15-9-5-6-10-16(15)25-17)22(2)11-23-18(24)13-7-3-4-8-14(13)20-21-23/h3-10,12H,11H2,1-2H3/t12-/m1/s1. The summed E-state index contributed by atoms with van der Waals surface area (Å²) in [5.41, 5.74) is 1.49. The highest BCUT2D eigenvalue weighted by Crippen LogP contribution is 2.28. The molecule has 0 fully saturated rings. The van der Waals surface area contributed by atoms with Crippen LogP contribution in [0.4, 0.5) is 0 Å². The molecule has 0 saturated carbocycles. The summed E-state index contributed by atoms with van der Waals surface area (Å²) in [5.74, 6) is 0. The largest absolute Gasteiger partial charge is 0.278 e. The van der Waals surface area contributed by atoms with Crippen LogP contribution in [0.3, 0.4) is 0 Å². The van der Waals surface area contributed by atoms with Crippen LogP contribution in [0.15, 0.2) is 53.3 Å². The number of hydrogen-bond donors (Lipinski definition) is 0. The van der Waals surface area contributed by atoms with E-state index < -0.39 is 0 Å². The van der Waals surface area contributed by atoms with Gasteiger partial charge in [0.1, 0.15) is 10.5 Å². The van der Waals surface area contributed by atoms with E-state index in [-0.39, 0.29) is 11.6 Å². The van der Waals surface area contributed by atoms with E-state index in [1.54, 1.807) is 23.5 Å². The highest BCUT2D eigenvalue weighted by molar-refractivity contribution is 7.18. The highest BCUT2D eigenvalue weighted by Gasteiger charge is 2.17. The molecule has 6 nitrogen and oxygen atoms in total. The summed E-state index contributed by atoms with van der Waals surface area (Å²) >= 11 is 1.67. The van der Waals surface area contributed by atoms with Gasteiger partial charge in [-0.1, -0.05) is 29.5 Å². The minimum atomic E-state index is -0.131. The second-order valence-electron chi connectivity index (χ2n) is 6.01. The van der Waals surface area contributed by atoms with Gasteiger partial charge in [0.05, 0.1) is 28.3 Å². The van der Waals surface area contributed by atoms with Crippen LogP contribution in [0.2, 0.25) is 0 Å². The van der Waals surface area contributed by atoms with Crippen molar-refractivity contribution in [3.8, 4) is 0 Å². The Balaban J connectivity index is 1.62. The minimum absolute atomic E-state index is 0.0672. The van der Waals surface area contributed by atoms with Crippen molar-refractivity contribution in [2.45, 2.75) is 19.6 Å². The van der Waals surface area contributed by atoms with Crippen LogP contribution in [0.5, 0.6) is 0 Å². The van der Waals surface area contributed by atoms with Crippen LogP contribution in [0.1, 0.15) is 18.0 Å². The molecular weight excluding hydrogens is 334 g/mol. The van der Waals surface area contributed by atoms with Crippen LogP contribution in [0, 0.1) is 0 Å². The van der Waals surface area contributed by atoms with Crippen LogP contribution in [-0.4, -0.2) is 31.9 Å². The van der Waals surface area contributed by atoms with Crippen molar-refractivity contribution in [2.75, 3.05) is 7.05 Å². The summed E-state index contributed by atoms with van der Waals surface area (Å²) in [5, 5.41) is 9.80. The first-order valence-corrected chi connectivity index (χ1v) is 8.83. The number of fused-ring (bicyclic) bond motifs is 2. The Morgan fingerprint density at radius 3 is 2.64 bits per heavy atom. The number of thiazole rings is 1. The zero-order valence-electron chi connectivity index (χ0n) is 14.0. The van der Waals surface area contributed by atoms with E-state index in [1.165, 1.54) is 9.38 Å². The van der Waals surface area contributed by atoms with Gasteiger partial charge in [0.15, 0.2) is 0 Å². The van der Waals surface area contributed by atoms with Gasteiger partial charge in [0.25, 0.3) is 5.56 Å². The van der Waals surface area contributed by atoms with Gasteiger partial charge < -0.3 is 0 Å². The lowest BCUT2D eigenvalue weighted by Crippen LogP contribution is -2.33. The van der Waals surface area contributed by atoms with Crippen molar-refractivity contribution in [1.82, 2.24) is 24.9 Å². The van der Waals surface area contributed by atoms with E-state index in [2.05, 4.69) is 23.3 Å². The summed E-state index contributed by atoms with van der Waals surface area (Å²) in [6.45, 7) is 2.44. The van der Waals surface area contributed by atoms with Gasteiger partial charge in [-0.2, -0.15) is 4.68 Å². The number of para-hydroxylation sites is 1. The zero-order chi connectivity index (χ0) is 17.4. The van der Waals surface area contributed by atoms with Gasteiger partial charge in [-0.3, -0.25) is 9.69 Å². The molecular formula is C18H17N5OS. The predicted octanol–water partition coefficient (Wildman–Crippen LogP) is 3.05. The molecule has 1 atom stereocenters. The van der Waals surface area contributed by atoms with Gasteiger partial charge >= 0.3 is 0 Å². The van der Waals surface area contributed by atoms with E-state index in [0.717, 1.165) is 10.5 Å². The van der Waals surface area contributed by atoms with Gasteiger partial charge in [0, 0.05) is 0 Å². The second kappa shape index (κ2) is 6.34. The van der Waals surface area contributed by atoms with Crippen molar-refractivity contribution in [1.29, 1.82) is 0 Å². The molecule has 0 saturated heterocycles. The first kappa shape index (κ1) is 15.9. The lowest BCUT2D eigenvalue weighted by atomic mass is 10.2. The average Bonchev–Trinajstić information content (AvgIpc) is 3.07. The Morgan fingerprint density at radius 2 is 1.84 bits per heavy atom. The van der Waals surface area contributed by atoms with E-state index in [9.17, 15) is 4.79 Å². The molecule has 0 N–H and O–H groups in total. The van der Waals surface area contributed by atoms with Gasteiger partial charge in [-0.15, -0.1) is 16.4 Å². The molecule has 7 heteroatoms. The Bertz CT molecular complexity index is 1070. The third-order valence-electron chi connectivity index (χ3n) is 4.32. The first-order chi connectivity index (χ1) is 12.1. The summed E-state index contributed by atoms with van der Waals surface area (Å²) in [4.78, 5) is 19.3. The number of hydrogen-bond acceptors (Lipinski definition) is 6. The fourth-order valence-electron chi connectivity index (χ4n) is 2.71. The Morgan fingerprint density at radius 1 is 1.12 bits per heavy atom. The third-order valence-corrected chi connectivity index (χ3v) is 5.52. The molecule has 4 aromatic rings. The molecule has 25 heavy (non-hydrogen) atoms. The number of nitrogens with zero attached hydrogens (tertiary/aromatic N) is 5. The maximum absolute atomic E-state index is 12.6. The maximum atomic E-state index is 12.6. The quantitative estimate of drug-likeness (QED) is 0.565. The van der Waals surface area contributed by atoms with Crippen molar-refractivity contribution >= 4 is 32.5 Å². The van der Waals surface area contributed by atoms with Crippen LogP contribution in [-0.2, 0) is 6.67 Å². The molecule has 0 aliphatic carbocycles. The molecule has 2 heterocycles. The normalized spacial score (nSPS) is 12.9. The molecule has 2 aromatic carbocycles. The molecule has 0 bridgehead atoms. The molecule has 2 aromatic heterocycles. The summed E-state index contributed by atoms with van der Waals surface area (Å²) in [6, 6.07) is 15.4. The average molecular weight is 351 g/mol. The van der Waals surface area contributed by atoms with Crippen LogP contribution < -0.4 is 5.56 Å². The molecule has 0 amide bonds. The van der Waals surface area contributed by atoms with E-state index >= 15 is 0 Å². The Kier molecular flexibility index (Phi) is 4.03. The zero-order valence-corrected chi connectivity index (χ0v) is 14.8. The predicted molar refractivity (Wildman–Crippen MR) is 99.6 cm³/mol. The summed E-state index contributed by atoms with van der Waals surface area (Å²) < 4.78 is 2.56. The lowest BCUT2D eigenvalue weighted by Gasteiger charge is -2.22. The van der Waals surface area contributed by atoms with E-state index in [1.807, 2.05) is 42.3 Å².